The largest absolute Gasteiger partial charge is 0.506 e. The molecule has 0 atom stereocenters. The molecule has 0 radical (unpaired) electrons. The van der Waals surface area contributed by atoms with Gasteiger partial charge in [0.2, 0.25) is 0 Å². The van der Waals surface area contributed by atoms with E-state index in [9.17, 15) is 13.5 Å². The Balaban J connectivity index is 1.99. The van der Waals surface area contributed by atoms with Gasteiger partial charge in [-0.25, -0.2) is 8.42 Å². The Kier molecular flexibility index (Phi) is 2.37. The van der Waals surface area contributed by atoms with Crippen LogP contribution in [0.5, 0.6) is 5.75 Å². The van der Waals surface area contributed by atoms with E-state index < -0.39 is 10.0 Å². The molecule has 18 heavy (non-hydrogen) atoms. The number of aromatic hydroxyl groups is 1. The summed E-state index contributed by atoms with van der Waals surface area (Å²) < 4.78 is 24.9. The first-order valence-electron chi connectivity index (χ1n) is 5.51. The second kappa shape index (κ2) is 3.81. The fourth-order valence-electron chi connectivity index (χ4n) is 1.70. The predicted octanol–water partition coefficient (Wildman–Crippen LogP) is 0.991. The summed E-state index contributed by atoms with van der Waals surface area (Å²) in [5.41, 5.74) is 1.25. The second-order valence-electron chi connectivity index (χ2n) is 4.28. The molecule has 7 heteroatoms. The predicted molar refractivity (Wildman–Crippen MR) is 64.5 cm³/mol. The first-order chi connectivity index (χ1) is 8.57. The molecule has 0 unspecified atom stereocenters. The lowest BCUT2D eigenvalue weighted by atomic mass is 10.2. The van der Waals surface area contributed by atoms with Crippen LogP contribution in [0.15, 0.2) is 30.9 Å². The molecule has 0 saturated heterocycles. The van der Waals surface area contributed by atoms with Crippen LogP contribution in [0.3, 0.4) is 0 Å². The lowest BCUT2D eigenvalue weighted by Crippen LogP contribution is -2.17. The molecule has 0 spiro atoms. The summed E-state index contributed by atoms with van der Waals surface area (Å²) in [6.45, 7) is 0. The molecule has 0 aliphatic heterocycles. The minimum Gasteiger partial charge on any atom is -0.506 e. The maximum Gasteiger partial charge on any atom is 0.256 e. The number of pyridine rings is 1. The fraction of sp³-hybridized carbons (Fsp3) is 0.273. The van der Waals surface area contributed by atoms with Gasteiger partial charge in [-0.3, -0.25) is 4.98 Å². The van der Waals surface area contributed by atoms with E-state index in [2.05, 4.69) is 10.1 Å². The van der Waals surface area contributed by atoms with Crippen LogP contribution in [0.4, 0.5) is 0 Å². The number of nitrogens with zero attached hydrogens (tertiary/aromatic N) is 3. The van der Waals surface area contributed by atoms with E-state index in [-0.39, 0.29) is 11.0 Å². The van der Waals surface area contributed by atoms with E-state index >= 15 is 0 Å². The lowest BCUT2D eigenvalue weighted by Gasteiger charge is -2.00. The van der Waals surface area contributed by atoms with Crippen molar-refractivity contribution in [1.82, 2.24) is 14.2 Å². The quantitative estimate of drug-likeness (QED) is 0.894. The minimum absolute atomic E-state index is 0.0327. The van der Waals surface area contributed by atoms with Crippen LogP contribution in [0, 0.1) is 0 Å². The Bertz CT molecular complexity index is 689. The molecular weight excluding hydrogens is 254 g/mol. The average Bonchev–Trinajstić information content (AvgIpc) is 3.07. The van der Waals surface area contributed by atoms with Crippen LogP contribution >= 0.6 is 0 Å². The first-order valence-corrected chi connectivity index (χ1v) is 7.01. The van der Waals surface area contributed by atoms with Gasteiger partial charge in [-0.05, 0) is 18.9 Å². The smallest absolute Gasteiger partial charge is 0.256 e. The van der Waals surface area contributed by atoms with Gasteiger partial charge in [-0.15, -0.1) is 0 Å². The lowest BCUT2D eigenvalue weighted by molar-refractivity contribution is 0.473. The Morgan fingerprint density at radius 3 is 2.67 bits per heavy atom. The minimum atomic E-state index is -3.34. The van der Waals surface area contributed by atoms with Gasteiger partial charge in [0.05, 0.1) is 23.8 Å². The molecule has 1 fully saturated rings. The van der Waals surface area contributed by atoms with Crippen molar-refractivity contribution < 1.29 is 13.5 Å². The van der Waals surface area contributed by atoms with Crippen molar-refractivity contribution in [1.29, 1.82) is 0 Å². The van der Waals surface area contributed by atoms with Crippen molar-refractivity contribution in [2.24, 2.45) is 0 Å². The van der Waals surface area contributed by atoms with Crippen molar-refractivity contribution in [3.63, 3.8) is 0 Å². The summed E-state index contributed by atoms with van der Waals surface area (Å²) in [4.78, 5) is 3.84. The van der Waals surface area contributed by atoms with Crippen molar-refractivity contribution >= 4 is 10.0 Å². The van der Waals surface area contributed by atoms with Crippen molar-refractivity contribution in [3.05, 3.63) is 30.9 Å². The average molecular weight is 265 g/mol. The summed E-state index contributed by atoms with van der Waals surface area (Å²) in [6, 6.07) is 1.51. The summed E-state index contributed by atoms with van der Waals surface area (Å²) in [6.07, 6.45) is 7.16. The molecule has 0 amide bonds. The van der Waals surface area contributed by atoms with E-state index in [4.69, 9.17) is 0 Å². The summed E-state index contributed by atoms with van der Waals surface area (Å²) in [5, 5.41) is 12.9. The second-order valence-corrected chi connectivity index (χ2v) is 6.35. The first kappa shape index (κ1) is 11.2. The third-order valence-electron chi connectivity index (χ3n) is 2.82. The van der Waals surface area contributed by atoms with E-state index in [1.807, 2.05) is 0 Å². The summed E-state index contributed by atoms with van der Waals surface area (Å²) in [7, 11) is -3.34. The monoisotopic (exact) mass is 265 g/mol. The van der Waals surface area contributed by atoms with Crippen LogP contribution in [0.2, 0.25) is 0 Å². The summed E-state index contributed by atoms with van der Waals surface area (Å²) >= 11 is 0. The third-order valence-corrected chi connectivity index (χ3v) is 4.86. The van der Waals surface area contributed by atoms with Crippen LogP contribution in [0.25, 0.3) is 11.1 Å². The van der Waals surface area contributed by atoms with Crippen molar-refractivity contribution in [3.8, 4) is 16.9 Å². The van der Waals surface area contributed by atoms with Gasteiger partial charge in [-0.2, -0.15) is 9.19 Å². The zero-order chi connectivity index (χ0) is 12.8. The Labute approximate surface area is 104 Å². The molecule has 1 saturated carbocycles. The number of hydrogen-bond donors (Lipinski definition) is 1. The van der Waals surface area contributed by atoms with Gasteiger partial charge >= 0.3 is 0 Å². The highest BCUT2D eigenvalue weighted by Crippen LogP contribution is 2.30. The van der Waals surface area contributed by atoms with E-state index in [1.54, 1.807) is 6.20 Å². The Morgan fingerprint density at radius 2 is 2.00 bits per heavy atom. The van der Waals surface area contributed by atoms with Gasteiger partial charge in [0, 0.05) is 17.3 Å². The molecule has 0 bridgehead atoms. The molecule has 3 rings (SSSR count). The molecular formula is C11H11N3O3S. The van der Waals surface area contributed by atoms with Gasteiger partial charge < -0.3 is 5.11 Å². The number of rotatable bonds is 3. The zero-order valence-corrected chi connectivity index (χ0v) is 10.2. The molecule has 94 valence electrons. The van der Waals surface area contributed by atoms with Crippen LogP contribution in [-0.4, -0.2) is 32.9 Å². The SMILES string of the molecule is O=S(=O)(C1CC1)n1cc(-c2cncc(O)c2)cn1. The van der Waals surface area contributed by atoms with Gasteiger partial charge in [0.1, 0.15) is 5.75 Å². The topological polar surface area (TPSA) is 85.1 Å². The van der Waals surface area contributed by atoms with E-state index in [0.29, 0.717) is 24.0 Å². The van der Waals surface area contributed by atoms with Gasteiger partial charge in [-0.1, -0.05) is 0 Å². The van der Waals surface area contributed by atoms with Crippen LogP contribution in [-0.2, 0) is 10.0 Å². The summed E-state index contributed by atoms with van der Waals surface area (Å²) in [5.74, 6) is 0.0327. The van der Waals surface area contributed by atoms with E-state index in [0.717, 1.165) is 4.09 Å². The molecule has 0 aromatic carbocycles. The highest BCUT2D eigenvalue weighted by molar-refractivity contribution is 7.90. The Hall–Kier alpha value is -1.89. The van der Waals surface area contributed by atoms with Crippen LogP contribution < -0.4 is 0 Å². The molecule has 2 heterocycles. The molecule has 2 aromatic heterocycles. The molecule has 2 aromatic rings. The van der Waals surface area contributed by atoms with Crippen LogP contribution in [0.1, 0.15) is 12.8 Å². The maximum atomic E-state index is 11.9. The molecule has 1 aliphatic rings. The van der Waals surface area contributed by atoms with E-state index in [1.165, 1.54) is 24.7 Å². The third kappa shape index (κ3) is 1.86. The number of hydrogen-bond acceptors (Lipinski definition) is 5. The molecule has 6 nitrogen and oxygen atoms in total. The van der Waals surface area contributed by atoms with Crippen molar-refractivity contribution in [2.45, 2.75) is 18.1 Å². The fourth-order valence-corrected chi connectivity index (χ4v) is 3.17. The normalized spacial score (nSPS) is 15.8. The standard InChI is InChI=1S/C11H11N3O3S/c15-10-3-8(4-12-6-10)9-5-13-14(7-9)18(16,17)11-1-2-11/h3-7,11,15H,1-2H2. The highest BCUT2D eigenvalue weighted by Gasteiger charge is 2.37. The molecule has 1 aliphatic carbocycles. The van der Waals surface area contributed by atoms with Gasteiger partial charge in [0.15, 0.2) is 0 Å². The Morgan fingerprint density at radius 1 is 1.22 bits per heavy atom. The number of aromatic nitrogens is 3. The zero-order valence-electron chi connectivity index (χ0n) is 9.39. The molecule has 1 N–H and O–H groups in total. The van der Waals surface area contributed by atoms with Crippen molar-refractivity contribution in [2.75, 3.05) is 0 Å². The highest BCUT2D eigenvalue weighted by atomic mass is 32.2. The maximum absolute atomic E-state index is 11.9. The van der Waals surface area contributed by atoms with Gasteiger partial charge in [0.25, 0.3) is 10.0 Å².